The predicted octanol–water partition coefficient (Wildman–Crippen LogP) is -2.11. The molecule has 0 aliphatic carbocycles. The van der Waals surface area contributed by atoms with Crippen LogP contribution in [0.25, 0.3) is 0 Å². The van der Waals surface area contributed by atoms with Gasteiger partial charge in [0.25, 0.3) is 0 Å². The van der Waals surface area contributed by atoms with Gasteiger partial charge in [-0.3, -0.25) is 14.5 Å². The molecule has 0 saturated heterocycles. The number of rotatable bonds is 7. The molecule has 0 saturated carbocycles. The highest BCUT2D eigenvalue weighted by Crippen LogP contribution is 2.03. The molecular formula is C8H13NO7S. The van der Waals surface area contributed by atoms with Crippen LogP contribution in [0.4, 0.5) is 0 Å². The molecular weight excluding hydrogens is 254 g/mol. The van der Waals surface area contributed by atoms with Gasteiger partial charge in [-0.15, -0.1) is 0 Å². The fraction of sp³-hybridized carbons (Fsp3) is 0.625. The van der Waals surface area contributed by atoms with Crippen LogP contribution in [0.1, 0.15) is 6.42 Å². The van der Waals surface area contributed by atoms with E-state index in [1.807, 2.05) is 0 Å². The van der Waals surface area contributed by atoms with E-state index in [-0.39, 0.29) is 6.54 Å². The summed E-state index contributed by atoms with van der Waals surface area (Å²) in [6, 6.07) is -1.32. The second-order valence-corrected chi connectivity index (χ2v) is 4.15. The molecule has 98 valence electrons. The Morgan fingerprint density at radius 1 is 1.35 bits per heavy atom. The molecule has 0 spiro atoms. The third-order valence-electron chi connectivity index (χ3n) is 1.93. The van der Waals surface area contributed by atoms with Crippen molar-refractivity contribution in [1.29, 1.82) is 0 Å². The maximum absolute atomic E-state index is 10.8. The Morgan fingerprint density at radius 3 is 2.24 bits per heavy atom. The van der Waals surface area contributed by atoms with Gasteiger partial charge < -0.3 is 15.3 Å². The minimum absolute atomic E-state index is 0.293. The first-order valence-corrected chi connectivity index (χ1v) is 5.63. The Hall–Kier alpha value is -1.45. The van der Waals surface area contributed by atoms with Crippen LogP contribution in [0.2, 0.25) is 0 Å². The number of likely N-dealkylation sites (N-methyl/N-ethyl adjacent to an activating group) is 1. The van der Waals surface area contributed by atoms with Crippen molar-refractivity contribution in [3.63, 3.8) is 0 Å². The van der Waals surface area contributed by atoms with Gasteiger partial charge >= 0.3 is 11.9 Å². The molecule has 0 aromatic carbocycles. The molecule has 0 aromatic rings. The van der Waals surface area contributed by atoms with E-state index in [0.29, 0.717) is 5.37 Å². The van der Waals surface area contributed by atoms with Gasteiger partial charge in [0.15, 0.2) is 0 Å². The number of carboxylic acid groups (broad SMARTS) is 2. The van der Waals surface area contributed by atoms with Crippen LogP contribution in [-0.2, 0) is 19.9 Å². The molecule has 0 rings (SSSR count). The number of hydrogen-bond donors (Lipinski definition) is 3. The van der Waals surface area contributed by atoms with Crippen molar-refractivity contribution < 1.29 is 33.3 Å². The molecule has 0 bridgehead atoms. The standard InChI is InChI=1S/C8H13NO7S/c1-9(3-5(10)4-17(15)16)6(8(13)14)2-7(11)12/h4-6,10H,2-3H2,1H3,(H,11,12)(H,13,14). The van der Waals surface area contributed by atoms with Crippen LogP contribution in [0.3, 0.4) is 0 Å². The Morgan fingerprint density at radius 2 is 1.88 bits per heavy atom. The number of aliphatic carboxylic acids is 2. The zero-order valence-corrected chi connectivity index (χ0v) is 9.79. The smallest absolute Gasteiger partial charge is 0.321 e. The summed E-state index contributed by atoms with van der Waals surface area (Å²) >= 11 is 0. The molecule has 0 amide bonds. The first kappa shape index (κ1) is 15.6. The number of carbonyl (C=O) groups is 2. The first-order chi connectivity index (χ1) is 7.73. The van der Waals surface area contributed by atoms with Crippen molar-refractivity contribution in [1.82, 2.24) is 4.90 Å². The molecule has 0 fully saturated rings. The fourth-order valence-corrected chi connectivity index (χ4v) is 1.53. The molecule has 8 nitrogen and oxygen atoms in total. The molecule has 0 heterocycles. The lowest BCUT2D eigenvalue weighted by atomic mass is 10.1. The van der Waals surface area contributed by atoms with E-state index in [2.05, 4.69) is 0 Å². The van der Waals surface area contributed by atoms with Gasteiger partial charge in [0.05, 0.1) is 17.9 Å². The molecule has 2 atom stereocenters. The molecule has 2 unspecified atom stereocenters. The number of carboxylic acids is 2. The summed E-state index contributed by atoms with van der Waals surface area (Å²) in [6.07, 6.45) is -2.02. The molecule has 0 aromatic heterocycles. The SMILES string of the molecule is CN(CC(O)C=S(=O)=O)C(CC(=O)O)C(=O)O. The van der Waals surface area contributed by atoms with Crippen LogP contribution in [-0.4, -0.2) is 71.7 Å². The van der Waals surface area contributed by atoms with Gasteiger partial charge in [0.1, 0.15) is 6.04 Å². The summed E-state index contributed by atoms with van der Waals surface area (Å²) in [5.74, 6) is -2.65. The van der Waals surface area contributed by atoms with Crippen LogP contribution < -0.4 is 0 Å². The maximum atomic E-state index is 10.8. The highest BCUT2D eigenvalue weighted by Gasteiger charge is 2.26. The van der Waals surface area contributed by atoms with Crippen LogP contribution in [0.15, 0.2) is 0 Å². The summed E-state index contributed by atoms with van der Waals surface area (Å²) in [4.78, 5) is 22.2. The lowest BCUT2D eigenvalue weighted by Gasteiger charge is -2.24. The number of hydrogen-bond acceptors (Lipinski definition) is 6. The number of aliphatic hydroxyl groups is 1. The average Bonchev–Trinajstić information content (AvgIpc) is 2.11. The minimum atomic E-state index is -2.56. The summed E-state index contributed by atoms with van der Waals surface area (Å²) in [7, 11) is -1.28. The Labute approximate surface area is 98.6 Å². The zero-order chi connectivity index (χ0) is 13.6. The Balaban J connectivity index is 4.63. The van der Waals surface area contributed by atoms with E-state index >= 15 is 0 Å². The Bertz CT molecular complexity index is 408. The average molecular weight is 267 g/mol. The molecule has 9 heteroatoms. The second kappa shape index (κ2) is 6.99. The molecule has 3 N–H and O–H groups in total. The van der Waals surface area contributed by atoms with Crippen LogP contribution in [0, 0.1) is 0 Å². The monoisotopic (exact) mass is 267 g/mol. The van der Waals surface area contributed by atoms with Gasteiger partial charge in [-0.05, 0) is 7.05 Å². The first-order valence-electron chi connectivity index (χ1n) is 4.50. The molecule has 0 aliphatic rings. The normalized spacial score (nSPS) is 14.1. The summed E-state index contributed by atoms with van der Waals surface area (Å²) in [5.41, 5.74) is 0. The summed E-state index contributed by atoms with van der Waals surface area (Å²) in [6.45, 7) is -0.293. The number of aliphatic hydroxyl groups excluding tert-OH is 1. The lowest BCUT2D eigenvalue weighted by molar-refractivity contribution is -0.149. The number of nitrogens with zero attached hydrogens (tertiary/aromatic N) is 1. The van der Waals surface area contributed by atoms with E-state index < -0.39 is 40.8 Å². The van der Waals surface area contributed by atoms with E-state index in [1.54, 1.807) is 0 Å². The topological polar surface area (TPSA) is 132 Å². The van der Waals surface area contributed by atoms with E-state index in [9.17, 15) is 23.1 Å². The lowest BCUT2D eigenvalue weighted by Crippen LogP contribution is -2.44. The van der Waals surface area contributed by atoms with Gasteiger partial charge in [-0.1, -0.05) is 0 Å². The quantitative estimate of drug-likeness (QED) is 0.446. The van der Waals surface area contributed by atoms with Crippen LogP contribution in [0.5, 0.6) is 0 Å². The zero-order valence-electron chi connectivity index (χ0n) is 8.98. The predicted molar refractivity (Wildman–Crippen MR) is 57.3 cm³/mol. The second-order valence-electron chi connectivity index (χ2n) is 3.36. The van der Waals surface area contributed by atoms with Crippen molar-refractivity contribution in [2.24, 2.45) is 0 Å². The summed E-state index contributed by atoms with van der Waals surface area (Å²) in [5, 5.41) is 27.1. The highest BCUT2D eigenvalue weighted by molar-refractivity contribution is 7.71. The molecule has 17 heavy (non-hydrogen) atoms. The maximum Gasteiger partial charge on any atom is 0.321 e. The van der Waals surface area contributed by atoms with Crippen molar-refractivity contribution in [2.45, 2.75) is 18.6 Å². The third kappa shape index (κ3) is 6.66. The van der Waals surface area contributed by atoms with Gasteiger partial charge in [0.2, 0.25) is 10.3 Å². The van der Waals surface area contributed by atoms with Gasteiger partial charge in [-0.25, -0.2) is 0 Å². The van der Waals surface area contributed by atoms with Gasteiger partial charge in [0, 0.05) is 6.54 Å². The minimum Gasteiger partial charge on any atom is -0.481 e. The van der Waals surface area contributed by atoms with Gasteiger partial charge in [-0.2, -0.15) is 8.42 Å². The highest BCUT2D eigenvalue weighted by atomic mass is 32.2. The third-order valence-corrected chi connectivity index (χ3v) is 2.46. The van der Waals surface area contributed by atoms with Crippen molar-refractivity contribution >= 4 is 27.6 Å². The van der Waals surface area contributed by atoms with Crippen LogP contribution >= 0.6 is 0 Å². The molecule has 0 aliphatic heterocycles. The van der Waals surface area contributed by atoms with Crippen molar-refractivity contribution in [2.75, 3.05) is 13.6 Å². The van der Waals surface area contributed by atoms with Crippen molar-refractivity contribution in [3.8, 4) is 0 Å². The molecule has 0 radical (unpaired) electrons. The van der Waals surface area contributed by atoms with E-state index in [4.69, 9.17) is 10.2 Å². The summed E-state index contributed by atoms with van der Waals surface area (Å²) < 4.78 is 20.5. The van der Waals surface area contributed by atoms with E-state index in [1.165, 1.54) is 7.05 Å². The van der Waals surface area contributed by atoms with E-state index in [0.717, 1.165) is 4.90 Å². The largest absolute Gasteiger partial charge is 0.481 e. The van der Waals surface area contributed by atoms with Crippen molar-refractivity contribution in [3.05, 3.63) is 0 Å². The Kier molecular flexibility index (Phi) is 6.39. The fourth-order valence-electron chi connectivity index (χ4n) is 1.19.